The van der Waals surface area contributed by atoms with Crippen molar-refractivity contribution in [3.63, 3.8) is 0 Å². The van der Waals surface area contributed by atoms with Crippen LogP contribution in [0.4, 0.5) is 52.7 Å². The van der Waals surface area contributed by atoms with Gasteiger partial charge < -0.3 is 0 Å². The first kappa shape index (κ1) is 56.6. The summed E-state index contributed by atoms with van der Waals surface area (Å²) in [5.74, 6) is -15.5. The molecule has 0 aliphatic carbocycles. The Morgan fingerprint density at radius 3 is 1.09 bits per heavy atom. The molecule has 41 heteroatoms. The molecule has 0 bridgehead atoms. The van der Waals surface area contributed by atoms with Gasteiger partial charge in [-0.3, -0.25) is 9.11 Å². The molecule has 5 N–H and O–H groups in total. The van der Waals surface area contributed by atoms with Crippen molar-refractivity contribution >= 4 is 80.4 Å². The third-order valence-corrected chi connectivity index (χ3v) is 20.4. The third-order valence-electron chi connectivity index (χ3n) is 7.00. The van der Waals surface area contributed by atoms with Crippen molar-refractivity contribution in [3.8, 4) is 0 Å². The van der Waals surface area contributed by atoms with E-state index in [1.54, 1.807) is 0 Å². The summed E-state index contributed by atoms with van der Waals surface area (Å²) >= 11 is 0. The lowest BCUT2D eigenvalue weighted by atomic mass is 10.1. The second kappa shape index (κ2) is 16.7. The van der Waals surface area contributed by atoms with Crippen LogP contribution < -0.4 is 12.4 Å². The Bertz CT molecular complexity index is 2460. The van der Waals surface area contributed by atoms with Crippen molar-refractivity contribution in [2.75, 3.05) is 6.26 Å². The minimum absolute atomic E-state index is 0.143. The number of hydrogen-bond acceptors (Lipinski definition) is 16. The number of halogens is 12. The monoisotopic (exact) mass is 1040 g/mol. The normalized spacial score (nSPS) is 17.5. The summed E-state index contributed by atoms with van der Waals surface area (Å²) in [5, 5.41) is -38.0. The van der Waals surface area contributed by atoms with Crippen LogP contribution in [-0.2, 0) is 80.4 Å². The van der Waals surface area contributed by atoms with Crippen molar-refractivity contribution in [2.45, 2.75) is 94.6 Å². The van der Waals surface area contributed by atoms with E-state index in [9.17, 15) is 125 Å². The van der Waals surface area contributed by atoms with E-state index in [-0.39, 0.29) is 18.6 Å². The van der Waals surface area contributed by atoms with Crippen LogP contribution in [0, 0.1) is 0 Å². The highest BCUT2D eigenvalue weighted by atomic mass is 32.3. The van der Waals surface area contributed by atoms with Crippen LogP contribution >= 0.6 is 0 Å². The second-order valence-electron chi connectivity index (χ2n) is 11.5. The van der Waals surface area contributed by atoms with Crippen molar-refractivity contribution in [2.24, 2.45) is 0 Å². The fraction of sp³-hybridized carbons (Fsp3) is 1.00. The topological polar surface area (TPSA) is 350 Å². The average Bonchev–Trinajstić information content (AvgIpc) is 2.94. The van der Waals surface area contributed by atoms with Crippen molar-refractivity contribution < 1.29 is 129 Å². The second-order valence-corrected chi connectivity index (χ2v) is 26.4. The highest BCUT2D eigenvalue weighted by Crippen LogP contribution is 2.52. The highest BCUT2D eigenvalue weighted by molar-refractivity contribution is 8.06. The van der Waals surface area contributed by atoms with E-state index < -0.39 is 161 Å². The molecule has 0 rings (SSSR count). The van der Waals surface area contributed by atoms with Gasteiger partial charge in [-0.05, 0) is 32.6 Å². The van der Waals surface area contributed by atoms with Gasteiger partial charge in [0.05, 0.1) is 22.0 Å². The molecular weight excluding hydrogens is 1020 g/mol. The quantitative estimate of drug-likeness (QED) is 0.0621. The maximum absolute atomic E-state index is 14.6. The Morgan fingerprint density at radius 1 is 0.500 bits per heavy atom. The smallest absolute Gasteiger partial charge is 0.285 e. The molecule has 0 radical (unpaired) electrons. The summed E-state index contributed by atoms with van der Waals surface area (Å²) in [6, 6.07) is 0. The minimum Gasteiger partial charge on any atom is -0.285 e. The first-order valence-corrected chi connectivity index (χ1v) is 26.2. The molecule has 0 aliphatic heterocycles. The number of sulfonamides is 6. The summed E-state index contributed by atoms with van der Waals surface area (Å²) in [5.41, 5.74) is 0. The molecular formula is C17H27F12N3O18S8. The summed E-state index contributed by atoms with van der Waals surface area (Å²) in [7, 11) is -54.6. The third kappa shape index (κ3) is 11.1. The van der Waals surface area contributed by atoms with E-state index in [0.29, 0.717) is 13.8 Å². The van der Waals surface area contributed by atoms with E-state index in [1.165, 1.54) is 0 Å². The molecule has 0 saturated carbocycles. The number of rotatable bonds is 24. The zero-order chi connectivity index (χ0) is 47.4. The average molecular weight is 1050 g/mol. The minimum atomic E-state index is -7.98. The molecule has 58 heavy (non-hydrogen) atoms. The largest absolute Gasteiger partial charge is 0.439 e. The zero-order valence-electron chi connectivity index (χ0n) is 28.0. The molecule has 3 unspecified atom stereocenters. The molecule has 350 valence electrons. The zero-order valence-corrected chi connectivity index (χ0v) is 34.5. The van der Waals surface area contributed by atoms with Gasteiger partial charge in [0, 0.05) is 0 Å². The maximum atomic E-state index is 14.6. The predicted octanol–water partition coefficient (Wildman–Crippen LogP) is -0.123. The Kier molecular flexibility index (Phi) is 16.3. The Balaban J connectivity index is 6.91. The predicted molar refractivity (Wildman–Crippen MR) is 167 cm³/mol. The van der Waals surface area contributed by atoms with Gasteiger partial charge in [-0.1, -0.05) is 13.3 Å². The first-order chi connectivity index (χ1) is 24.8. The van der Waals surface area contributed by atoms with Crippen LogP contribution in [0.15, 0.2) is 0 Å². The van der Waals surface area contributed by atoms with E-state index in [1.807, 2.05) is 0 Å². The SMILES string of the molecule is CCC(CCCC(CC(C)S(=O)(=O)O)S(=O)(=O)NS(=O)(=O)C(F)(F)C(F)(F)C(F)(F)S(=O)(=O)NS(C)(=O)=O)S(=O)(=O)NS(=O)(=O)C(F)(F)C(F)(F)C(F)(F)S(=O)(=O)O. The molecule has 0 aliphatic rings. The molecule has 0 fully saturated rings. The van der Waals surface area contributed by atoms with E-state index in [2.05, 4.69) is 0 Å². The molecule has 0 saturated heterocycles. The molecule has 0 aromatic carbocycles. The number of hydrogen-bond donors (Lipinski definition) is 5. The maximum Gasteiger partial charge on any atom is 0.439 e. The van der Waals surface area contributed by atoms with Crippen molar-refractivity contribution in [1.29, 1.82) is 0 Å². The highest BCUT2D eigenvalue weighted by Gasteiger charge is 2.83. The Morgan fingerprint density at radius 2 is 0.793 bits per heavy atom. The van der Waals surface area contributed by atoms with Gasteiger partial charge in [0.1, 0.15) is 0 Å². The lowest BCUT2D eigenvalue weighted by Crippen LogP contribution is -2.65. The molecule has 0 spiro atoms. The fourth-order valence-electron chi connectivity index (χ4n) is 3.85. The fourth-order valence-corrected chi connectivity index (χ4v) is 14.7. The van der Waals surface area contributed by atoms with Crippen molar-refractivity contribution in [1.82, 2.24) is 12.4 Å². The molecule has 0 aromatic heterocycles. The van der Waals surface area contributed by atoms with Crippen LogP contribution in [-0.4, -0.2) is 131 Å². The Labute approximate surface area is 321 Å². The lowest BCUT2D eigenvalue weighted by molar-refractivity contribution is -0.245. The number of nitrogens with one attached hydrogen (secondary N) is 3. The van der Waals surface area contributed by atoms with Crippen molar-refractivity contribution in [3.05, 3.63) is 0 Å². The van der Waals surface area contributed by atoms with E-state index in [0.717, 1.165) is 0 Å². The summed E-state index contributed by atoms with van der Waals surface area (Å²) < 4.78 is 374. The molecule has 0 amide bonds. The van der Waals surface area contributed by atoms with E-state index in [4.69, 9.17) is 4.55 Å². The van der Waals surface area contributed by atoms with Crippen LogP contribution in [0.2, 0.25) is 0 Å². The van der Waals surface area contributed by atoms with Crippen LogP contribution in [0.5, 0.6) is 0 Å². The van der Waals surface area contributed by atoms with Gasteiger partial charge in [0.25, 0.3) is 40.2 Å². The Hall–Kier alpha value is -1.44. The summed E-state index contributed by atoms with van der Waals surface area (Å²) in [4.78, 5) is 0. The van der Waals surface area contributed by atoms with Gasteiger partial charge in [-0.2, -0.15) is 69.5 Å². The molecule has 3 atom stereocenters. The van der Waals surface area contributed by atoms with Crippen LogP contribution in [0.1, 0.15) is 46.0 Å². The molecule has 0 heterocycles. The first-order valence-electron chi connectivity index (χ1n) is 13.8. The van der Waals surface area contributed by atoms with Crippen LogP contribution in [0.3, 0.4) is 0 Å². The molecule has 0 aromatic rings. The van der Waals surface area contributed by atoms with Gasteiger partial charge >= 0.3 is 43.0 Å². The summed E-state index contributed by atoms with van der Waals surface area (Å²) in [6.45, 7) is 1.05. The van der Waals surface area contributed by atoms with Crippen LogP contribution in [0.25, 0.3) is 0 Å². The van der Waals surface area contributed by atoms with Gasteiger partial charge in [0.2, 0.25) is 30.1 Å². The van der Waals surface area contributed by atoms with Gasteiger partial charge in [-0.15, -0.1) is 12.4 Å². The van der Waals surface area contributed by atoms with E-state index >= 15 is 0 Å². The van der Waals surface area contributed by atoms with Gasteiger partial charge in [-0.25, -0.2) is 50.5 Å². The lowest BCUT2D eigenvalue weighted by Gasteiger charge is -2.31. The standard InChI is InChI=1S/C17H27F12N3O18S8/c1-4-10(52(35,36)31-57(46,47)16(26,27)13(20,21)17(28,29)58(48,49)50)6-5-7-11(8-9(2)54(39,40)41)53(37,38)32-56(44,45)15(24,25)12(18,19)14(22,23)55(42,43)30-51(3,33)34/h9-11,30-32H,4-8H2,1-3H3,(H,39,40,41)(H,48,49,50). The van der Waals surface area contributed by atoms with Gasteiger partial charge in [0.15, 0.2) is 0 Å². The molecule has 21 nitrogen and oxygen atoms in total. The number of alkyl halides is 12. The summed E-state index contributed by atoms with van der Waals surface area (Å²) in [6.07, 6.45) is -7.55.